The summed E-state index contributed by atoms with van der Waals surface area (Å²) in [7, 11) is 0. The molecule has 2 fully saturated rings. The Morgan fingerprint density at radius 2 is 2.10 bits per heavy atom. The van der Waals surface area contributed by atoms with Crippen LogP contribution in [0.2, 0.25) is 0 Å². The normalized spacial score (nSPS) is 20.7. The Morgan fingerprint density at radius 3 is 2.81 bits per heavy atom. The summed E-state index contributed by atoms with van der Waals surface area (Å²) in [5.74, 6) is 0.134. The van der Waals surface area contributed by atoms with Crippen molar-refractivity contribution in [2.45, 2.75) is 19.9 Å². The first-order chi connectivity index (χ1) is 10.2. The molecule has 114 valence electrons. The van der Waals surface area contributed by atoms with Gasteiger partial charge >= 0.3 is 0 Å². The maximum absolute atomic E-state index is 11.9. The van der Waals surface area contributed by atoms with Gasteiger partial charge in [-0.05, 0) is 37.6 Å². The number of aromatic nitrogens is 1. The molecule has 21 heavy (non-hydrogen) atoms. The van der Waals surface area contributed by atoms with Crippen LogP contribution in [0.3, 0.4) is 0 Å². The highest BCUT2D eigenvalue weighted by atomic mass is 16.5. The minimum atomic E-state index is 0.134. The number of nitrogens with zero attached hydrogens (tertiary/aromatic N) is 3. The second-order valence-corrected chi connectivity index (χ2v) is 6.20. The van der Waals surface area contributed by atoms with E-state index in [1.54, 1.807) is 0 Å². The maximum atomic E-state index is 11.9. The zero-order chi connectivity index (χ0) is 14.7. The van der Waals surface area contributed by atoms with Crippen molar-refractivity contribution in [2.75, 3.05) is 39.4 Å². The smallest absolute Gasteiger partial charge is 0.248 e. The molecule has 5 heteroatoms. The summed E-state index contributed by atoms with van der Waals surface area (Å²) in [6.07, 6.45) is 4.88. The van der Waals surface area contributed by atoms with Gasteiger partial charge in [-0.2, -0.15) is 0 Å². The SMILES string of the molecule is CCOCC(=O)N1CC2(CCN(Cc3ccncc3)C2)C1. The van der Waals surface area contributed by atoms with E-state index in [1.165, 1.54) is 12.0 Å². The van der Waals surface area contributed by atoms with Crippen molar-refractivity contribution in [1.29, 1.82) is 0 Å². The molecule has 3 rings (SSSR count). The summed E-state index contributed by atoms with van der Waals surface area (Å²) in [5.41, 5.74) is 1.64. The quantitative estimate of drug-likeness (QED) is 0.816. The standard InChI is InChI=1S/C16H23N3O2/c1-2-21-10-15(20)19-12-16(13-19)5-8-18(11-16)9-14-3-6-17-7-4-14/h3-4,6-7H,2,5,8-13H2,1H3. The van der Waals surface area contributed by atoms with Gasteiger partial charge in [-0.15, -0.1) is 0 Å². The molecule has 1 aromatic heterocycles. The van der Waals surface area contributed by atoms with Gasteiger partial charge in [-0.25, -0.2) is 0 Å². The van der Waals surface area contributed by atoms with E-state index in [-0.39, 0.29) is 12.5 Å². The van der Waals surface area contributed by atoms with E-state index in [1.807, 2.05) is 24.2 Å². The average molecular weight is 289 g/mol. The lowest BCUT2D eigenvalue weighted by Gasteiger charge is -2.48. The molecular formula is C16H23N3O2. The fourth-order valence-electron chi connectivity index (χ4n) is 3.39. The fourth-order valence-corrected chi connectivity index (χ4v) is 3.39. The van der Waals surface area contributed by atoms with E-state index < -0.39 is 0 Å². The molecule has 1 amide bonds. The molecule has 0 aromatic carbocycles. The lowest BCUT2D eigenvalue weighted by molar-refractivity contribution is -0.147. The van der Waals surface area contributed by atoms with Gasteiger partial charge in [0.1, 0.15) is 6.61 Å². The van der Waals surface area contributed by atoms with Crippen molar-refractivity contribution in [2.24, 2.45) is 5.41 Å². The summed E-state index contributed by atoms with van der Waals surface area (Å²) >= 11 is 0. The molecule has 3 heterocycles. The van der Waals surface area contributed by atoms with Gasteiger partial charge in [0.2, 0.25) is 5.91 Å². The van der Waals surface area contributed by atoms with Crippen LogP contribution in [0.4, 0.5) is 0 Å². The maximum Gasteiger partial charge on any atom is 0.248 e. The third kappa shape index (κ3) is 3.24. The van der Waals surface area contributed by atoms with Crippen molar-refractivity contribution in [3.05, 3.63) is 30.1 Å². The largest absolute Gasteiger partial charge is 0.372 e. The van der Waals surface area contributed by atoms with E-state index in [4.69, 9.17) is 4.74 Å². The van der Waals surface area contributed by atoms with Gasteiger partial charge in [0.05, 0.1) is 0 Å². The molecule has 2 saturated heterocycles. The molecule has 0 unspecified atom stereocenters. The lowest BCUT2D eigenvalue weighted by Crippen LogP contribution is -2.60. The molecule has 0 radical (unpaired) electrons. The van der Waals surface area contributed by atoms with Crippen molar-refractivity contribution in [3.8, 4) is 0 Å². The number of rotatable bonds is 5. The zero-order valence-corrected chi connectivity index (χ0v) is 12.6. The Kier molecular flexibility index (Phi) is 4.22. The number of ether oxygens (including phenoxy) is 1. The van der Waals surface area contributed by atoms with Crippen LogP contribution in [0.5, 0.6) is 0 Å². The first kappa shape index (κ1) is 14.5. The Bertz CT molecular complexity index is 486. The highest BCUT2D eigenvalue weighted by molar-refractivity contribution is 5.78. The Morgan fingerprint density at radius 1 is 1.33 bits per heavy atom. The Hall–Kier alpha value is -1.46. The number of amides is 1. The summed E-state index contributed by atoms with van der Waals surface area (Å²) in [6, 6.07) is 4.15. The third-order valence-corrected chi connectivity index (χ3v) is 4.51. The molecule has 0 atom stereocenters. The zero-order valence-electron chi connectivity index (χ0n) is 12.6. The number of likely N-dealkylation sites (tertiary alicyclic amines) is 2. The molecule has 5 nitrogen and oxygen atoms in total. The molecule has 1 spiro atoms. The summed E-state index contributed by atoms with van der Waals surface area (Å²) in [5, 5.41) is 0. The topological polar surface area (TPSA) is 45.7 Å². The highest BCUT2D eigenvalue weighted by Gasteiger charge is 2.48. The van der Waals surface area contributed by atoms with E-state index >= 15 is 0 Å². The molecule has 1 aromatic rings. The fraction of sp³-hybridized carbons (Fsp3) is 0.625. The van der Waals surface area contributed by atoms with Crippen molar-refractivity contribution in [3.63, 3.8) is 0 Å². The summed E-state index contributed by atoms with van der Waals surface area (Å²) in [6.45, 7) is 7.73. The molecule has 0 N–H and O–H groups in total. The first-order valence-electron chi connectivity index (χ1n) is 7.68. The average Bonchev–Trinajstić information content (AvgIpc) is 2.88. The minimum absolute atomic E-state index is 0.134. The predicted octanol–water partition coefficient (Wildman–Crippen LogP) is 1.15. The van der Waals surface area contributed by atoms with Crippen molar-refractivity contribution >= 4 is 5.91 Å². The van der Waals surface area contributed by atoms with Gasteiger partial charge < -0.3 is 9.64 Å². The van der Waals surface area contributed by atoms with Crippen LogP contribution in [-0.2, 0) is 16.1 Å². The van der Waals surface area contributed by atoms with E-state index in [9.17, 15) is 4.79 Å². The van der Waals surface area contributed by atoms with Crippen molar-refractivity contribution in [1.82, 2.24) is 14.8 Å². The molecule has 0 aliphatic carbocycles. The minimum Gasteiger partial charge on any atom is -0.372 e. The van der Waals surface area contributed by atoms with Gasteiger partial charge in [-0.3, -0.25) is 14.7 Å². The Labute approximate surface area is 125 Å². The van der Waals surface area contributed by atoms with Gasteiger partial charge in [0, 0.05) is 50.6 Å². The highest BCUT2D eigenvalue weighted by Crippen LogP contribution is 2.39. The monoisotopic (exact) mass is 289 g/mol. The van der Waals surface area contributed by atoms with Crippen molar-refractivity contribution < 1.29 is 9.53 Å². The number of carbonyl (C=O) groups is 1. The van der Waals surface area contributed by atoms with Gasteiger partial charge in [0.15, 0.2) is 0 Å². The molecule has 0 saturated carbocycles. The van der Waals surface area contributed by atoms with E-state index in [0.717, 1.165) is 32.7 Å². The van der Waals surface area contributed by atoms with Gasteiger partial charge in [-0.1, -0.05) is 0 Å². The van der Waals surface area contributed by atoms with Crippen LogP contribution in [0.15, 0.2) is 24.5 Å². The van der Waals surface area contributed by atoms with E-state index in [2.05, 4.69) is 22.0 Å². The van der Waals surface area contributed by atoms with Crippen LogP contribution >= 0.6 is 0 Å². The van der Waals surface area contributed by atoms with Crippen LogP contribution in [-0.4, -0.2) is 60.1 Å². The number of hydrogen-bond acceptors (Lipinski definition) is 4. The van der Waals surface area contributed by atoms with Crippen LogP contribution in [0.1, 0.15) is 18.9 Å². The molecule has 2 aliphatic rings. The molecular weight excluding hydrogens is 266 g/mol. The Balaban J connectivity index is 1.47. The van der Waals surface area contributed by atoms with Crippen LogP contribution in [0.25, 0.3) is 0 Å². The van der Waals surface area contributed by atoms with Crippen LogP contribution in [0, 0.1) is 5.41 Å². The number of hydrogen-bond donors (Lipinski definition) is 0. The number of pyridine rings is 1. The second-order valence-electron chi connectivity index (χ2n) is 6.20. The second kappa shape index (κ2) is 6.12. The third-order valence-electron chi connectivity index (χ3n) is 4.51. The number of carbonyl (C=O) groups excluding carboxylic acids is 1. The summed E-state index contributed by atoms with van der Waals surface area (Å²) < 4.78 is 5.20. The molecule has 2 aliphatic heterocycles. The molecule has 0 bridgehead atoms. The predicted molar refractivity (Wildman–Crippen MR) is 79.6 cm³/mol. The summed E-state index contributed by atoms with van der Waals surface area (Å²) in [4.78, 5) is 20.4. The van der Waals surface area contributed by atoms with Gasteiger partial charge in [0.25, 0.3) is 0 Å². The first-order valence-corrected chi connectivity index (χ1v) is 7.68. The van der Waals surface area contributed by atoms with E-state index in [0.29, 0.717) is 12.0 Å². The van der Waals surface area contributed by atoms with Crippen LogP contribution < -0.4 is 0 Å². The lowest BCUT2D eigenvalue weighted by atomic mass is 9.79.